The van der Waals surface area contributed by atoms with Crippen molar-refractivity contribution >= 4 is 34.4 Å². The minimum absolute atomic E-state index is 0.370. The highest BCUT2D eigenvalue weighted by molar-refractivity contribution is 6.34. The highest BCUT2D eigenvalue weighted by atomic mass is 35.5. The van der Waals surface area contributed by atoms with Crippen LogP contribution >= 0.6 is 11.6 Å². The van der Waals surface area contributed by atoms with Crippen molar-refractivity contribution in [2.45, 2.75) is 6.18 Å². The van der Waals surface area contributed by atoms with Gasteiger partial charge < -0.3 is 10.2 Å². The van der Waals surface area contributed by atoms with Gasteiger partial charge >= 0.3 is 12.1 Å². The number of aromatic nitrogens is 2. The Kier molecular flexibility index (Phi) is 5.52. The van der Waals surface area contributed by atoms with Crippen molar-refractivity contribution in [3.8, 4) is 17.0 Å². The number of alkyl halides is 3. The molecule has 0 amide bonds. The van der Waals surface area contributed by atoms with Crippen LogP contribution in [0.15, 0.2) is 48.5 Å². The zero-order chi connectivity index (χ0) is 24.9. The fourth-order valence-corrected chi connectivity index (χ4v) is 3.71. The van der Waals surface area contributed by atoms with Crippen molar-refractivity contribution in [1.82, 2.24) is 9.78 Å². The molecule has 34 heavy (non-hydrogen) atoms. The zero-order valence-corrected chi connectivity index (χ0v) is 17.2. The van der Waals surface area contributed by atoms with Gasteiger partial charge in [-0.2, -0.15) is 23.0 Å². The van der Waals surface area contributed by atoms with E-state index in [1.165, 1.54) is 0 Å². The predicted molar refractivity (Wildman–Crippen MR) is 110 cm³/mol. The van der Waals surface area contributed by atoms with Crippen LogP contribution < -0.4 is 0 Å². The molecule has 0 saturated heterocycles. The lowest BCUT2D eigenvalue weighted by molar-refractivity contribution is -0.137. The van der Waals surface area contributed by atoms with E-state index >= 15 is 0 Å². The van der Waals surface area contributed by atoms with Gasteiger partial charge in [-0.1, -0.05) is 17.7 Å². The molecule has 0 bridgehead atoms. The van der Waals surface area contributed by atoms with Crippen LogP contribution in [0.1, 0.15) is 26.3 Å². The quantitative estimate of drug-likeness (QED) is 0.353. The number of fused-ring (bicyclic) bond motifs is 1. The Morgan fingerprint density at radius 2 is 1.71 bits per heavy atom. The number of phenols is 1. The summed E-state index contributed by atoms with van der Waals surface area (Å²) in [5.74, 6) is -5.82. The molecule has 6 nitrogen and oxygen atoms in total. The second-order valence-electron chi connectivity index (χ2n) is 7.05. The van der Waals surface area contributed by atoms with Crippen LogP contribution in [-0.2, 0) is 6.18 Å². The lowest BCUT2D eigenvalue weighted by Crippen LogP contribution is -2.20. The lowest BCUT2D eigenvalue weighted by atomic mass is 10.0. The number of phenolic OH excluding ortho intramolecular Hbond substituents is 1. The van der Waals surface area contributed by atoms with E-state index in [1.807, 2.05) is 0 Å². The third kappa shape index (κ3) is 3.83. The number of carboxylic acid groups (broad SMARTS) is 1. The minimum atomic E-state index is -4.98. The number of aromatic hydroxyl groups is 1. The van der Waals surface area contributed by atoms with Crippen molar-refractivity contribution in [3.63, 3.8) is 0 Å². The normalized spacial score (nSPS) is 11.7. The summed E-state index contributed by atoms with van der Waals surface area (Å²) in [6, 6.07) is 6.76. The number of carbonyl (C=O) groups is 2. The fourth-order valence-electron chi connectivity index (χ4n) is 3.45. The molecule has 0 aliphatic heterocycles. The summed E-state index contributed by atoms with van der Waals surface area (Å²) in [4.78, 5) is 24.3. The van der Waals surface area contributed by atoms with Crippen LogP contribution in [0.3, 0.4) is 0 Å². The minimum Gasteiger partial charge on any atom is -0.508 e. The number of benzene rings is 3. The maximum Gasteiger partial charge on any atom is 0.417 e. The van der Waals surface area contributed by atoms with E-state index < -0.39 is 79.3 Å². The summed E-state index contributed by atoms with van der Waals surface area (Å²) in [6.07, 6.45) is -4.98. The zero-order valence-electron chi connectivity index (χ0n) is 16.5. The molecule has 0 saturated carbocycles. The smallest absolute Gasteiger partial charge is 0.417 e. The molecule has 0 spiro atoms. The highest BCUT2D eigenvalue weighted by Gasteiger charge is 2.37. The summed E-state index contributed by atoms with van der Waals surface area (Å²) in [6.45, 7) is 0. The van der Waals surface area contributed by atoms with Crippen LogP contribution in [-0.4, -0.2) is 31.9 Å². The molecule has 3 aromatic carbocycles. The Morgan fingerprint density at radius 1 is 1.00 bits per heavy atom. The monoisotopic (exact) mass is 496 g/mol. The first-order valence-corrected chi connectivity index (χ1v) is 9.62. The second-order valence-corrected chi connectivity index (χ2v) is 7.45. The average Bonchev–Trinajstić information content (AvgIpc) is 3.11. The van der Waals surface area contributed by atoms with E-state index in [9.17, 15) is 36.6 Å². The predicted octanol–water partition coefficient (Wildman–Crippen LogP) is 5.75. The largest absolute Gasteiger partial charge is 0.508 e. The lowest BCUT2D eigenvalue weighted by Gasteiger charge is -2.13. The molecule has 174 valence electrons. The third-order valence-corrected chi connectivity index (χ3v) is 5.23. The second kappa shape index (κ2) is 8.10. The maximum absolute atomic E-state index is 14.8. The van der Waals surface area contributed by atoms with Gasteiger partial charge in [-0.25, -0.2) is 13.6 Å². The average molecular weight is 497 g/mol. The molecule has 0 aliphatic rings. The highest BCUT2D eigenvalue weighted by Crippen LogP contribution is 2.38. The number of aromatic carboxylic acids is 1. The van der Waals surface area contributed by atoms with Crippen molar-refractivity contribution in [2.75, 3.05) is 0 Å². The van der Waals surface area contributed by atoms with E-state index in [0.29, 0.717) is 22.9 Å². The molecule has 1 aromatic heterocycles. The molecular weight excluding hydrogens is 487 g/mol. The Labute approximate surface area is 191 Å². The number of hydrogen-bond donors (Lipinski definition) is 2. The van der Waals surface area contributed by atoms with Gasteiger partial charge in [-0.05, 0) is 30.3 Å². The molecule has 0 unspecified atom stereocenters. The van der Waals surface area contributed by atoms with Crippen LogP contribution in [0.4, 0.5) is 22.0 Å². The van der Waals surface area contributed by atoms with E-state index in [2.05, 4.69) is 5.10 Å². The summed E-state index contributed by atoms with van der Waals surface area (Å²) < 4.78 is 70.5. The van der Waals surface area contributed by atoms with E-state index in [-0.39, 0.29) is 0 Å². The van der Waals surface area contributed by atoms with Crippen molar-refractivity contribution in [1.29, 1.82) is 0 Å². The van der Waals surface area contributed by atoms with Gasteiger partial charge in [0.05, 0.1) is 32.6 Å². The van der Waals surface area contributed by atoms with E-state index in [0.717, 1.165) is 30.3 Å². The maximum atomic E-state index is 14.8. The SMILES string of the molecule is O=C(O)c1ccc(-c2nn(C(=O)c3c(Cl)cccc3C(F)(F)F)c3cc(O)cc(F)c23)c(F)c1. The van der Waals surface area contributed by atoms with Gasteiger partial charge in [0.25, 0.3) is 5.91 Å². The summed E-state index contributed by atoms with van der Waals surface area (Å²) in [5, 5.41) is 21.6. The number of hydrogen-bond acceptors (Lipinski definition) is 4. The number of rotatable bonds is 3. The van der Waals surface area contributed by atoms with Crippen LogP contribution in [0.5, 0.6) is 5.75 Å². The van der Waals surface area contributed by atoms with Crippen LogP contribution in [0.25, 0.3) is 22.2 Å². The molecule has 0 atom stereocenters. The first kappa shape index (κ1) is 23.2. The number of nitrogens with zero attached hydrogens (tertiary/aromatic N) is 2. The summed E-state index contributed by atoms with van der Waals surface area (Å²) in [7, 11) is 0. The number of carboxylic acids is 1. The van der Waals surface area contributed by atoms with Gasteiger partial charge in [-0.3, -0.25) is 4.79 Å². The topological polar surface area (TPSA) is 92.4 Å². The molecule has 0 radical (unpaired) electrons. The Balaban J connectivity index is 2.03. The molecule has 12 heteroatoms. The molecule has 0 aliphatic carbocycles. The first-order chi connectivity index (χ1) is 15.9. The summed E-state index contributed by atoms with van der Waals surface area (Å²) in [5.41, 5.74) is -4.19. The summed E-state index contributed by atoms with van der Waals surface area (Å²) >= 11 is 5.89. The van der Waals surface area contributed by atoms with Crippen molar-refractivity contribution in [3.05, 3.63) is 81.9 Å². The molecule has 2 N–H and O–H groups in total. The number of carbonyl (C=O) groups excluding carboxylic acids is 1. The third-order valence-electron chi connectivity index (χ3n) is 4.92. The first-order valence-electron chi connectivity index (χ1n) is 9.25. The Hall–Kier alpha value is -3.99. The molecule has 4 aromatic rings. The standard InChI is InChI=1S/C22H10ClF5N2O4/c23-13-3-1-2-12(22(26,27)28)17(13)20(32)30-16-8-10(31)7-15(25)18(16)19(29-30)11-5-4-9(21(33)34)6-14(11)24/h1-8,31H,(H,33,34). The van der Waals surface area contributed by atoms with Crippen molar-refractivity contribution in [2.24, 2.45) is 0 Å². The van der Waals surface area contributed by atoms with Crippen LogP contribution in [0.2, 0.25) is 5.02 Å². The van der Waals surface area contributed by atoms with E-state index in [4.69, 9.17) is 16.7 Å². The van der Waals surface area contributed by atoms with Crippen molar-refractivity contribution < 1.29 is 41.8 Å². The van der Waals surface area contributed by atoms with Gasteiger partial charge in [0, 0.05) is 17.7 Å². The Bertz CT molecular complexity index is 1500. The molecular formula is C22H10ClF5N2O4. The van der Waals surface area contributed by atoms with Gasteiger partial charge in [0.1, 0.15) is 23.1 Å². The van der Waals surface area contributed by atoms with E-state index in [1.54, 1.807) is 0 Å². The van der Waals surface area contributed by atoms with Crippen LogP contribution in [0, 0.1) is 11.6 Å². The molecule has 4 rings (SSSR count). The molecule has 0 fully saturated rings. The molecule has 1 heterocycles. The Morgan fingerprint density at radius 3 is 2.32 bits per heavy atom. The number of halogens is 6. The fraction of sp³-hybridized carbons (Fsp3) is 0.0455. The van der Waals surface area contributed by atoms with Gasteiger partial charge in [-0.15, -0.1) is 0 Å². The van der Waals surface area contributed by atoms with Gasteiger partial charge in [0.2, 0.25) is 0 Å². The van der Waals surface area contributed by atoms with Gasteiger partial charge in [0.15, 0.2) is 0 Å².